The first-order valence-corrected chi connectivity index (χ1v) is 7.57. The average Bonchev–Trinajstić information content (AvgIpc) is 3.17. The molecule has 0 radical (unpaired) electrons. The molecule has 94 valence electrons. The topological polar surface area (TPSA) is 21.3 Å². The van der Waals surface area contributed by atoms with Crippen molar-refractivity contribution < 1.29 is 4.74 Å². The highest BCUT2D eigenvalue weighted by Crippen LogP contribution is 2.20. The number of nitrogens with one attached hydrogen (secondary N) is 1. The Bertz CT molecular complexity index is 339. The Morgan fingerprint density at radius 3 is 3.06 bits per heavy atom. The van der Waals surface area contributed by atoms with Crippen LogP contribution in [0, 0.1) is 0 Å². The second kappa shape index (κ2) is 6.92. The van der Waals surface area contributed by atoms with Crippen molar-refractivity contribution in [2.75, 3.05) is 18.1 Å². The van der Waals surface area contributed by atoms with Crippen molar-refractivity contribution >= 4 is 11.8 Å². The molecule has 0 heterocycles. The molecule has 0 amide bonds. The van der Waals surface area contributed by atoms with Crippen molar-refractivity contribution in [2.24, 2.45) is 0 Å². The highest BCUT2D eigenvalue weighted by Gasteiger charge is 2.19. The summed E-state index contributed by atoms with van der Waals surface area (Å²) in [7, 11) is 0. The van der Waals surface area contributed by atoms with Gasteiger partial charge in [-0.2, -0.15) is 11.8 Å². The summed E-state index contributed by atoms with van der Waals surface area (Å²) in [6, 6.07) is 9.18. The minimum atomic E-state index is 0.764. The van der Waals surface area contributed by atoms with Crippen LogP contribution in [0.5, 0.6) is 5.75 Å². The van der Waals surface area contributed by atoms with Gasteiger partial charge < -0.3 is 10.1 Å². The quantitative estimate of drug-likeness (QED) is 0.717. The summed E-state index contributed by atoms with van der Waals surface area (Å²) < 4.78 is 5.72. The number of thioether (sulfide) groups is 1. The van der Waals surface area contributed by atoms with E-state index in [4.69, 9.17) is 4.74 Å². The maximum atomic E-state index is 5.72. The van der Waals surface area contributed by atoms with Gasteiger partial charge in [0.1, 0.15) is 5.75 Å². The third-order valence-electron chi connectivity index (χ3n) is 2.77. The van der Waals surface area contributed by atoms with E-state index in [-0.39, 0.29) is 0 Å². The molecule has 1 aromatic carbocycles. The van der Waals surface area contributed by atoms with Crippen molar-refractivity contribution in [3.05, 3.63) is 29.8 Å². The Hall–Kier alpha value is -0.670. The van der Waals surface area contributed by atoms with Gasteiger partial charge in [0, 0.05) is 18.3 Å². The fraction of sp³-hybridized carbons (Fsp3) is 0.571. The van der Waals surface area contributed by atoms with Crippen LogP contribution >= 0.6 is 11.8 Å². The summed E-state index contributed by atoms with van der Waals surface area (Å²) in [5.41, 5.74) is 1.32. The maximum Gasteiger partial charge on any atom is 0.119 e. The molecule has 2 nitrogen and oxygen atoms in total. The van der Waals surface area contributed by atoms with E-state index in [0.29, 0.717) is 0 Å². The molecular weight excluding hydrogens is 230 g/mol. The van der Waals surface area contributed by atoms with Crippen LogP contribution < -0.4 is 10.1 Å². The highest BCUT2D eigenvalue weighted by molar-refractivity contribution is 7.99. The van der Waals surface area contributed by atoms with Crippen molar-refractivity contribution in [1.82, 2.24) is 5.32 Å². The van der Waals surface area contributed by atoms with Gasteiger partial charge in [-0.3, -0.25) is 0 Å². The van der Waals surface area contributed by atoms with Gasteiger partial charge in [0.15, 0.2) is 0 Å². The molecule has 17 heavy (non-hydrogen) atoms. The molecule has 1 fully saturated rings. The highest BCUT2D eigenvalue weighted by atomic mass is 32.2. The Morgan fingerprint density at radius 2 is 2.29 bits per heavy atom. The van der Waals surface area contributed by atoms with E-state index in [1.165, 1.54) is 18.4 Å². The van der Waals surface area contributed by atoms with E-state index in [2.05, 4.69) is 30.4 Å². The number of benzene rings is 1. The second-order valence-electron chi connectivity index (χ2n) is 4.35. The smallest absolute Gasteiger partial charge is 0.119 e. The van der Waals surface area contributed by atoms with Gasteiger partial charge in [-0.15, -0.1) is 0 Å². The van der Waals surface area contributed by atoms with Gasteiger partial charge in [0.05, 0.1) is 6.61 Å². The van der Waals surface area contributed by atoms with Crippen molar-refractivity contribution in [1.29, 1.82) is 0 Å². The standard InChI is InChI=1S/C14H21NOS/c1-2-17-9-8-16-14-5-3-4-12(10-14)11-15-13-6-7-13/h3-5,10,13,15H,2,6-9,11H2,1H3. The predicted molar refractivity (Wildman–Crippen MR) is 74.8 cm³/mol. The number of ether oxygens (including phenoxy) is 1. The van der Waals surface area contributed by atoms with Crippen molar-refractivity contribution in [3.8, 4) is 5.75 Å². The predicted octanol–water partition coefficient (Wildman–Crippen LogP) is 3.07. The molecule has 1 saturated carbocycles. The molecule has 2 rings (SSSR count). The van der Waals surface area contributed by atoms with Gasteiger partial charge in [0.25, 0.3) is 0 Å². The summed E-state index contributed by atoms with van der Waals surface area (Å²) in [5, 5.41) is 3.52. The third kappa shape index (κ3) is 5.00. The Balaban J connectivity index is 1.74. The average molecular weight is 251 g/mol. The molecule has 1 aliphatic rings. The largest absolute Gasteiger partial charge is 0.493 e. The van der Waals surface area contributed by atoms with E-state index < -0.39 is 0 Å². The molecule has 0 unspecified atom stereocenters. The van der Waals surface area contributed by atoms with E-state index in [1.54, 1.807) is 0 Å². The molecule has 1 N–H and O–H groups in total. The summed E-state index contributed by atoms with van der Waals surface area (Å²) in [6.07, 6.45) is 2.68. The molecule has 1 aromatic rings. The third-order valence-corrected chi connectivity index (χ3v) is 3.63. The monoisotopic (exact) mass is 251 g/mol. The van der Waals surface area contributed by atoms with Crippen LogP contribution in [0.2, 0.25) is 0 Å². The first-order chi connectivity index (χ1) is 8.38. The van der Waals surface area contributed by atoms with E-state index in [0.717, 1.165) is 36.4 Å². The number of hydrogen-bond donors (Lipinski definition) is 1. The van der Waals surface area contributed by atoms with Gasteiger partial charge >= 0.3 is 0 Å². The molecule has 0 aliphatic heterocycles. The van der Waals surface area contributed by atoms with Crippen molar-refractivity contribution in [3.63, 3.8) is 0 Å². The molecular formula is C14H21NOS. The summed E-state index contributed by atoms with van der Waals surface area (Å²) in [5.74, 6) is 3.23. The van der Waals surface area contributed by atoms with Gasteiger partial charge in [-0.25, -0.2) is 0 Å². The van der Waals surface area contributed by atoms with Gasteiger partial charge in [-0.1, -0.05) is 19.1 Å². The van der Waals surface area contributed by atoms with Gasteiger partial charge in [-0.05, 0) is 36.3 Å². The van der Waals surface area contributed by atoms with Crippen LogP contribution in [-0.4, -0.2) is 24.2 Å². The number of rotatable bonds is 8. The Labute approximate surface area is 108 Å². The molecule has 0 spiro atoms. The summed E-state index contributed by atoms with van der Waals surface area (Å²) in [4.78, 5) is 0. The van der Waals surface area contributed by atoms with Crippen LogP contribution in [0.3, 0.4) is 0 Å². The lowest BCUT2D eigenvalue weighted by Gasteiger charge is -2.08. The van der Waals surface area contributed by atoms with E-state index in [9.17, 15) is 0 Å². The maximum absolute atomic E-state index is 5.72. The Kier molecular flexibility index (Phi) is 5.20. The zero-order valence-corrected chi connectivity index (χ0v) is 11.3. The van der Waals surface area contributed by atoms with E-state index >= 15 is 0 Å². The normalized spacial score (nSPS) is 14.9. The van der Waals surface area contributed by atoms with Crippen LogP contribution in [0.1, 0.15) is 25.3 Å². The minimum absolute atomic E-state index is 0.764. The van der Waals surface area contributed by atoms with Crippen LogP contribution in [0.15, 0.2) is 24.3 Å². The molecule has 0 saturated heterocycles. The first kappa shape index (κ1) is 12.8. The van der Waals surface area contributed by atoms with Crippen molar-refractivity contribution in [2.45, 2.75) is 32.4 Å². The lowest BCUT2D eigenvalue weighted by Crippen LogP contribution is -2.15. The number of hydrogen-bond acceptors (Lipinski definition) is 3. The van der Waals surface area contributed by atoms with Gasteiger partial charge in [0.2, 0.25) is 0 Å². The molecule has 0 aromatic heterocycles. The Morgan fingerprint density at radius 1 is 1.41 bits per heavy atom. The van der Waals surface area contributed by atoms with E-state index in [1.807, 2.05) is 17.8 Å². The molecule has 1 aliphatic carbocycles. The SMILES string of the molecule is CCSCCOc1cccc(CNC2CC2)c1. The second-order valence-corrected chi connectivity index (χ2v) is 5.74. The lowest BCUT2D eigenvalue weighted by atomic mass is 10.2. The van der Waals surface area contributed by atoms with Crippen LogP contribution in [0.25, 0.3) is 0 Å². The molecule has 0 bridgehead atoms. The first-order valence-electron chi connectivity index (χ1n) is 6.41. The van der Waals surface area contributed by atoms with Crippen LogP contribution in [-0.2, 0) is 6.54 Å². The molecule has 3 heteroatoms. The zero-order chi connectivity index (χ0) is 11.9. The summed E-state index contributed by atoms with van der Waals surface area (Å²) in [6.45, 7) is 3.94. The minimum Gasteiger partial charge on any atom is -0.493 e. The lowest BCUT2D eigenvalue weighted by molar-refractivity contribution is 0.343. The van der Waals surface area contributed by atoms with Crippen LogP contribution in [0.4, 0.5) is 0 Å². The zero-order valence-electron chi connectivity index (χ0n) is 10.4. The fourth-order valence-corrected chi connectivity index (χ4v) is 2.15. The fourth-order valence-electron chi connectivity index (χ4n) is 1.66. The molecule has 0 atom stereocenters. The summed E-state index contributed by atoms with van der Waals surface area (Å²) >= 11 is 1.92.